The van der Waals surface area contributed by atoms with Gasteiger partial charge >= 0.3 is 0 Å². The molecule has 1 aliphatic rings. The van der Waals surface area contributed by atoms with E-state index in [0.717, 1.165) is 0 Å². The molecule has 0 amide bonds. The van der Waals surface area contributed by atoms with Crippen LogP contribution in [0.25, 0.3) is 0 Å². The topological polar surface area (TPSA) is 15.3 Å². The van der Waals surface area contributed by atoms with Gasteiger partial charge in [-0.15, -0.1) is 0 Å². The summed E-state index contributed by atoms with van der Waals surface area (Å²) in [6.07, 6.45) is 2.64. The molecule has 100 valence electrons. The first-order chi connectivity index (χ1) is 9.33. The molecule has 1 saturated heterocycles. The molecule has 19 heavy (non-hydrogen) atoms. The van der Waals surface area contributed by atoms with Gasteiger partial charge in [-0.2, -0.15) is 11.3 Å². The molecular formula is C16H20N2S. The number of hydrogen-bond donors (Lipinski definition) is 1. The summed E-state index contributed by atoms with van der Waals surface area (Å²) in [5.74, 6) is 0. The first-order valence-corrected chi connectivity index (χ1v) is 7.91. The summed E-state index contributed by atoms with van der Waals surface area (Å²) in [5.41, 5.74) is 3.92. The van der Waals surface area contributed by atoms with Crippen LogP contribution >= 0.6 is 11.3 Å². The summed E-state index contributed by atoms with van der Waals surface area (Å²) in [7, 11) is 0. The zero-order valence-electron chi connectivity index (χ0n) is 11.3. The van der Waals surface area contributed by atoms with Gasteiger partial charge in [-0.05, 0) is 60.4 Å². The second-order valence-electron chi connectivity index (χ2n) is 5.17. The normalized spacial score (nSPS) is 16.6. The summed E-state index contributed by atoms with van der Waals surface area (Å²) in [4.78, 5) is 2.47. The Kier molecular flexibility index (Phi) is 3.74. The number of nitrogens with one attached hydrogen (secondary N) is 1. The van der Waals surface area contributed by atoms with Crippen molar-refractivity contribution < 1.29 is 0 Å². The minimum atomic E-state index is 0.361. The molecule has 0 radical (unpaired) electrons. The van der Waals surface area contributed by atoms with Crippen molar-refractivity contribution in [2.45, 2.75) is 25.8 Å². The minimum Gasteiger partial charge on any atom is -0.378 e. The Labute approximate surface area is 119 Å². The number of benzene rings is 1. The van der Waals surface area contributed by atoms with Crippen LogP contribution in [0, 0.1) is 0 Å². The second kappa shape index (κ2) is 5.66. The smallest absolute Gasteiger partial charge is 0.0493 e. The molecule has 2 heterocycles. The molecule has 1 aromatic heterocycles. The molecule has 1 unspecified atom stereocenters. The molecule has 1 fully saturated rings. The van der Waals surface area contributed by atoms with Gasteiger partial charge in [0.15, 0.2) is 0 Å². The lowest BCUT2D eigenvalue weighted by atomic mass is 10.1. The Morgan fingerprint density at radius 3 is 2.79 bits per heavy atom. The second-order valence-corrected chi connectivity index (χ2v) is 5.95. The molecule has 0 saturated carbocycles. The highest BCUT2D eigenvalue weighted by molar-refractivity contribution is 7.07. The Balaban J connectivity index is 1.72. The van der Waals surface area contributed by atoms with E-state index >= 15 is 0 Å². The molecule has 0 aliphatic carbocycles. The van der Waals surface area contributed by atoms with Crippen molar-refractivity contribution in [1.82, 2.24) is 0 Å². The summed E-state index contributed by atoms with van der Waals surface area (Å²) in [6, 6.07) is 11.3. The molecular weight excluding hydrogens is 252 g/mol. The number of thiophene rings is 1. The quantitative estimate of drug-likeness (QED) is 0.880. The highest BCUT2D eigenvalue weighted by atomic mass is 32.1. The summed E-state index contributed by atoms with van der Waals surface area (Å²) >= 11 is 1.75. The van der Waals surface area contributed by atoms with Crippen LogP contribution in [0.2, 0.25) is 0 Å². The van der Waals surface area contributed by atoms with Crippen molar-refractivity contribution in [3.05, 3.63) is 46.7 Å². The van der Waals surface area contributed by atoms with Gasteiger partial charge in [0.2, 0.25) is 0 Å². The van der Waals surface area contributed by atoms with Gasteiger partial charge in [-0.3, -0.25) is 0 Å². The maximum Gasteiger partial charge on any atom is 0.0493 e. The fraction of sp³-hybridized carbons (Fsp3) is 0.375. The van der Waals surface area contributed by atoms with E-state index in [1.165, 1.54) is 42.9 Å². The van der Waals surface area contributed by atoms with Crippen molar-refractivity contribution in [3.63, 3.8) is 0 Å². The van der Waals surface area contributed by atoms with Crippen molar-refractivity contribution >= 4 is 22.7 Å². The zero-order valence-corrected chi connectivity index (χ0v) is 12.1. The van der Waals surface area contributed by atoms with Gasteiger partial charge in [0.1, 0.15) is 0 Å². The zero-order chi connectivity index (χ0) is 13.1. The van der Waals surface area contributed by atoms with Crippen LogP contribution in [0.3, 0.4) is 0 Å². The molecule has 2 nitrogen and oxygen atoms in total. The van der Waals surface area contributed by atoms with E-state index in [-0.39, 0.29) is 0 Å². The predicted molar refractivity (Wildman–Crippen MR) is 84.2 cm³/mol. The average molecular weight is 272 g/mol. The molecule has 1 aromatic carbocycles. The van der Waals surface area contributed by atoms with Crippen LogP contribution in [0.15, 0.2) is 41.1 Å². The highest BCUT2D eigenvalue weighted by Gasteiger charge is 2.13. The number of nitrogens with zero attached hydrogens (tertiary/aromatic N) is 1. The SMILES string of the molecule is CC(Nc1cccc(N2CCCC2)c1)c1ccsc1. The maximum absolute atomic E-state index is 3.59. The third kappa shape index (κ3) is 2.92. The summed E-state index contributed by atoms with van der Waals surface area (Å²) in [6.45, 7) is 4.61. The standard InChI is InChI=1S/C16H20N2S/c1-13(14-7-10-19-12-14)17-15-5-4-6-16(11-15)18-8-2-3-9-18/h4-7,10-13,17H,2-3,8-9H2,1H3. The Morgan fingerprint density at radius 2 is 2.05 bits per heavy atom. The van der Waals surface area contributed by atoms with Gasteiger partial charge < -0.3 is 10.2 Å². The van der Waals surface area contributed by atoms with E-state index < -0.39 is 0 Å². The van der Waals surface area contributed by atoms with Crippen LogP contribution < -0.4 is 10.2 Å². The molecule has 1 N–H and O–H groups in total. The molecule has 1 aliphatic heterocycles. The first-order valence-electron chi connectivity index (χ1n) is 6.96. The van der Waals surface area contributed by atoms with E-state index in [2.05, 4.69) is 58.2 Å². The van der Waals surface area contributed by atoms with Crippen LogP contribution in [0.4, 0.5) is 11.4 Å². The van der Waals surface area contributed by atoms with Crippen LogP contribution in [0.5, 0.6) is 0 Å². The van der Waals surface area contributed by atoms with E-state index in [4.69, 9.17) is 0 Å². The summed E-state index contributed by atoms with van der Waals surface area (Å²) in [5, 5.41) is 7.93. The largest absolute Gasteiger partial charge is 0.378 e. The lowest BCUT2D eigenvalue weighted by Crippen LogP contribution is -2.17. The van der Waals surface area contributed by atoms with Crippen LogP contribution in [-0.4, -0.2) is 13.1 Å². The summed E-state index contributed by atoms with van der Waals surface area (Å²) < 4.78 is 0. The van der Waals surface area contributed by atoms with Crippen molar-refractivity contribution in [2.75, 3.05) is 23.3 Å². The van der Waals surface area contributed by atoms with E-state index in [1.54, 1.807) is 11.3 Å². The van der Waals surface area contributed by atoms with E-state index in [1.807, 2.05) is 0 Å². The fourth-order valence-electron chi connectivity index (χ4n) is 2.62. The Morgan fingerprint density at radius 1 is 1.21 bits per heavy atom. The fourth-order valence-corrected chi connectivity index (χ4v) is 3.38. The van der Waals surface area contributed by atoms with Gasteiger partial charge in [0, 0.05) is 30.5 Å². The maximum atomic E-state index is 3.59. The molecule has 3 rings (SSSR count). The minimum absolute atomic E-state index is 0.361. The number of anilines is 2. The third-order valence-electron chi connectivity index (χ3n) is 3.74. The van der Waals surface area contributed by atoms with Gasteiger partial charge in [-0.25, -0.2) is 0 Å². The van der Waals surface area contributed by atoms with Gasteiger partial charge in [0.25, 0.3) is 0 Å². The first kappa shape index (κ1) is 12.5. The Bertz CT molecular complexity index is 515. The molecule has 0 bridgehead atoms. The van der Waals surface area contributed by atoms with Gasteiger partial charge in [0.05, 0.1) is 0 Å². The highest BCUT2D eigenvalue weighted by Crippen LogP contribution is 2.26. The van der Waals surface area contributed by atoms with Crippen molar-refractivity contribution in [2.24, 2.45) is 0 Å². The molecule has 1 atom stereocenters. The van der Waals surface area contributed by atoms with Crippen LogP contribution in [-0.2, 0) is 0 Å². The monoisotopic (exact) mass is 272 g/mol. The van der Waals surface area contributed by atoms with Gasteiger partial charge in [-0.1, -0.05) is 6.07 Å². The third-order valence-corrected chi connectivity index (χ3v) is 4.45. The van der Waals surface area contributed by atoms with E-state index in [0.29, 0.717) is 6.04 Å². The molecule has 0 spiro atoms. The molecule has 2 aromatic rings. The van der Waals surface area contributed by atoms with Crippen molar-refractivity contribution in [1.29, 1.82) is 0 Å². The Hall–Kier alpha value is -1.48. The lowest BCUT2D eigenvalue weighted by molar-refractivity contribution is 0.889. The average Bonchev–Trinajstić information content (AvgIpc) is 3.13. The number of rotatable bonds is 4. The predicted octanol–water partition coefficient (Wildman–Crippen LogP) is 4.52. The molecule has 3 heteroatoms. The lowest BCUT2D eigenvalue weighted by Gasteiger charge is -2.20. The number of hydrogen-bond acceptors (Lipinski definition) is 3. The van der Waals surface area contributed by atoms with Crippen LogP contribution in [0.1, 0.15) is 31.4 Å². The van der Waals surface area contributed by atoms with E-state index in [9.17, 15) is 0 Å². The van der Waals surface area contributed by atoms with Crippen molar-refractivity contribution in [3.8, 4) is 0 Å².